The van der Waals surface area contributed by atoms with Gasteiger partial charge in [0.25, 0.3) is 11.3 Å². The standard InChI is InChI=1S/C19H17NO4S2/c21-19(22)16-7-3-5-14(13-16)10-11-15-6-1-2-8-17(15)20(26(23)24)18-9-4-12-25-18/h1-9,12-13H,10-11H2,(H,21,22)(H,23,24). The molecule has 0 aliphatic heterocycles. The molecule has 3 rings (SSSR count). The molecule has 0 amide bonds. The molecular weight excluding hydrogens is 370 g/mol. The van der Waals surface area contributed by atoms with E-state index < -0.39 is 17.2 Å². The van der Waals surface area contributed by atoms with E-state index >= 15 is 0 Å². The molecule has 0 saturated heterocycles. The van der Waals surface area contributed by atoms with Crippen molar-refractivity contribution < 1.29 is 18.7 Å². The summed E-state index contributed by atoms with van der Waals surface area (Å²) in [6, 6.07) is 17.9. The molecule has 2 aromatic carbocycles. The fraction of sp³-hybridized carbons (Fsp3) is 0.105. The summed E-state index contributed by atoms with van der Waals surface area (Å²) in [5.74, 6) is -0.952. The van der Waals surface area contributed by atoms with Gasteiger partial charge in [-0.15, -0.1) is 11.3 Å². The van der Waals surface area contributed by atoms with Gasteiger partial charge in [-0.1, -0.05) is 30.3 Å². The highest BCUT2D eigenvalue weighted by atomic mass is 32.2. The van der Waals surface area contributed by atoms with E-state index in [9.17, 15) is 13.6 Å². The minimum absolute atomic E-state index is 0.257. The molecule has 26 heavy (non-hydrogen) atoms. The molecule has 0 bridgehead atoms. The predicted octanol–water partition coefficient (Wildman–Crippen LogP) is 4.51. The molecule has 5 nitrogen and oxygen atoms in total. The van der Waals surface area contributed by atoms with Crippen molar-refractivity contribution in [3.63, 3.8) is 0 Å². The second-order valence-corrected chi connectivity index (χ2v) is 7.36. The van der Waals surface area contributed by atoms with Gasteiger partial charge in [0.2, 0.25) is 0 Å². The molecule has 0 fully saturated rings. The van der Waals surface area contributed by atoms with Gasteiger partial charge >= 0.3 is 5.97 Å². The summed E-state index contributed by atoms with van der Waals surface area (Å²) in [7, 11) is 0. The number of anilines is 2. The molecule has 0 spiro atoms. The summed E-state index contributed by atoms with van der Waals surface area (Å²) in [5, 5.41) is 11.7. The Hall–Kier alpha value is -2.48. The van der Waals surface area contributed by atoms with E-state index in [1.807, 2.05) is 41.8 Å². The van der Waals surface area contributed by atoms with Crippen LogP contribution in [0.1, 0.15) is 21.5 Å². The van der Waals surface area contributed by atoms with Gasteiger partial charge in [0.15, 0.2) is 0 Å². The maximum Gasteiger partial charge on any atom is 0.335 e. The summed E-state index contributed by atoms with van der Waals surface area (Å²) >= 11 is -0.796. The van der Waals surface area contributed by atoms with Crippen molar-refractivity contribution in [2.45, 2.75) is 12.8 Å². The summed E-state index contributed by atoms with van der Waals surface area (Å²) in [6.45, 7) is 0. The normalized spacial score (nSPS) is 11.9. The lowest BCUT2D eigenvalue weighted by Gasteiger charge is -2.21. The Labute approximate surface area is 158 Å². The number of benzene rings is 2. The molecule has 0 radical (unpaired) electrons. The fourth-order valence-electron chi connectivity index (χ4n) is 2.72. The first-order valence-electron chi connectivity index (χ1n) is 7.91. The van der Waals surface area contributed by atoms with Gasteiger partial charge in [-0.3, -0.25) is 4.55 Å². The van der Waals surface area contributed by atoms with Crippen molar-refractivity contribution in [3.05, 3.63) is 82.7 Å². The van der Waals surface area contributed by atoms with E-state index in [1.54, 1.807) is 24.3 Å². The third-order valence-corrected chi connectivity index (χ3v) is 5.60. The first-order chi connectivity index (χ1) is 12.6. The summed E-state index contributed by atoms with van der Waals surface area (Å²) in [5.41, 5.74) is 2.76. The summed E-state index contributed by atoms with van der Waals surface area (Å²) < 4.78 is 23.1. The smallest absolute Gasteiger partial charge is 0.335 e. The maximum atomic E-state index is 11.9. The number of carboxylic acid groups (broad SMARTS) is 1. The van der Waals surface area contributed by atoms with Crippen molar-refractivity contribution >= 4 is 39.3 Å². The van der Waals surface area contributed by atoms with Crippen molar-refractivity contribution in [1.29, 1.82) is 0 Å². The number of aromatic carboxylic acids is 1. The van der Waals surface area contributed by atoms with Crippen LogP contribution < -0.4 is 4.31 Å². The summed E-state index contributed by atoms with van der Waals surface area (Å²) in [6.07, 6.45) is 1.26. The van der Waals surface area contributed by atoms with Gasteiger partial charge in [0.1, 0.15) is 5.00 Å². The SMILES string of the molecule is O=C(O)c1cccc(CCc2ccccc2N(c2cccs2)S(=O)O)c1. The van der Waals surface area contributed by atoms with Gasteiger partial charge in [-0.25, -0.2) is 13.3 Å². The minimum Gasteiger partial charge on any atom is -0.478 e. The monoisotopic (exact) mass is 387 g/mol. The second kappa shape index (κ2) is 8.27. The minimum atomic E-state index is -2.19. The van der Waals surface area contributed by atoms with E-state index in [1.165, 1.54) is 15.6 Å². The Morgan fingerprint density at radius 1 is 1.04 bits per heavy atom. The number of carbonyl (C=O) groups is 1. The Morgan fingerprint density at radius 3 is 2.54 bits per heavy atom. The van der Waals surface area contributed by atoms with Gasteiger partial charge in [-0.05, 0) is 59.7 Å². The predicted molar refractivity (Wildman–Crippen MR) is 104 cm³/mol. The topological polar surface area (TPSA) is 77.8 Å². The highest BCUT2D eigenvalue weighted by Crippen LogP contribution is 2.33. The molecule has 1 unspecified atom stereocenters. The van der Waals surface area contributed by atoms with Crippen LogP contribution >= 0.6 is 11.3 Å². The van der Waals surface area contributed by atoms with Crippen molar-refractivity contribution in [2.75, 3.05) is 4.31 Å². The summed E-state index contributed by atoms with van der Waals surface area (Å²) in [4.78, 5) is 11.1. The number of aryl methyl sites for hydroxylation is 2. The highest BCUT2D eigenvalue weighted by molar-refractivity contribution is 7.81. The molecule has 7 heteroatoms. The third kappa shape index (κ3) is 4.19. The number of rotatable bonds is 7. The molecule has 2 N–H and O–H groups in total. The number of carboxylic acids is 1. The molecule has 1 heterocycles. The molecular formula is C19H17NO4S2. The van der Waals surface area contributed by atoms with E-state index in [2.05, 4.69) is 0 Å². The Kier molecular flexibility index (Phi) is 5.82. The van der Waals surface area contributed by atoms with Gasteiger partial charge in [0.05, 0.1) is 11.3 Å². The van der Waals surface area contributed by atoms with E-state index in [0.29, 0.717) is 23.5 Å². The lowest BCUT2D eigenvalue weighted by molar-refractivity contribution is 0.0696. The Bertz CT molecular complexity index is 925. The molecule has 0 aliphatic carbocycles. The number of para-hydroxylation sites is 1. The second-order valence-electron chi connectivity index (χ2n) is 5.61. The van der Waals surface area contributed by atoms with E-state index in [0.717, 1.165) is 11.1 Å². The van der Waals surface area contributed by atoms with Crippen LogP contribution in [0.25, 0.3) is 0 Å². The number of nitrogens with zero attached hydrogens (tertiary/aromatic N) is 1. The maximum absolute atomic E-state index is 11.9. The first kappa shape index (κ1) is 18.3. The molecule has 0 aliphatic rings. The largest absolute Gasteiger partial charge is 0.478 e. The van der Waals surface area contributed by atoms with Gasteiger partial charge < -0.3 is 5.11 Å². The van der Waals surface area contributed by atoms with Crippen LogP contribution in [0.15, 0.2) is 66.0 Å². The number of hydrogen-bond donors (Lipinski definition) is 2. The van der Waals surface area contributed by atoms with Crippen LogP contribution in [-0.2, 0) is 24.1 Å². The van der Waals surface area contributed by atoms with E-state index in [4.69, 9.17) is 5.11 Å². The van der Waals surface area contributed by atoms with Crippen LogP contribution in [0.3, 0.4) is 0 Å². The van der Waals surface area contributed by atoms with Crippen molar-refractivity contribution in [2.24, 2.45) is 0 Å². The average molecular weight is 387 g/mol. The molecule has 0 saturated carbocycles. The zero-order valence-corrected chi connectivity index (χ0v) is 15.4. The highest BCUT2D eigenvalue weighted by Gasteiger charge is 2.19. The lowest BCUT2D eigenvalue weighted by atomic mass is 10.0. The number of hydrogen-bond acceptors (Lipinski definition) is 3. The van der Waals surface area contributed by atoms with Crippen LogP contribution in [-0.4, -0.2) is 19.8 Å². The number of thiophene rings is 1. The lowest BCUT2D eigenvalue weighted by Crippen LogP contribution is -2.19. The molecule has 134 valence electrons. The van der Waals surface area contributed by atoms with E-state index in [-0.39, 0.29) is 5.56 Å². The third-order valence-electron chi connectivity index (χ3n) is 3.93. The molecule has 1 atom stereocenters. The quantitative estimate of drug-likeness (QED) is 0.585. The molecule has 1 aromatic heterocycles. The molecule has 3 aromatic rings. The Morgan fingerprint density at radius 2 is 1.85 bits per heavy atom. The van der Waals surface area contributed by atoms with Crippen molar-refractivity contribution in [3.8, 4) is 0 Å². The Balaban J connectivity index is 1.87. The van der Waals surface area contributed by atoms with Crippen LogP contribution in [0.5, 0.6) is 0 Å². The van der Waals surface area contributed by atoms with Gasteiger partial charge in [-0.2, -0.15) is 0 Å². The average Bonchev–Trinajstić information content (AvgIpc) is 3.15. The van der Waals surface area contributed by atoms with Crippen LogP contribution in [0.4, 0.5) is 10.7 Å². The zero-order chi connectivity index (χ0) is 18.5. The van der Waals surface area contributed by atoms with Gasteiger partial charge in [0, 0.05) is 0 Å². The zero-order valence-electron chi connectivity index (χ0n) is 13.7. The van der Waals surface area contributed by atoms with Crippen LogP contribution in [0, 0.1) is 0 Å². The fourth-order valence-corrected chi connectivity index (χ4v) is 4.25. The van der Waals surface area contributed by atoms with Crippen LogP contribution in [0.2, 0.25) is 0 Å². The van der Waals surface area contributed by atoms with Crippen molar-refractivity contribution in [1.82, 2.24) is 0 Å². The first-order valence-corrected chi connectivity index (χ1v) is 9.85.